The first-order valence-corrected chi connectivity index (χ1v) is 13.7. The number of unbranched alkanes of at least 4 members (excludes halogenated alkanes) is 1. The lowest BCUT2D eigenvalue weighted by Gasteiger charge is -2.40. The summed E-state index contributed by atoms with van der Waals surface area (Å²) >= 11 is 0. The van der Waals surface area contributed by atoms with Gasteiger partial charge in [-0.2, -0.15) is 9.13 Å². The molecule has 1 aliphatic carbocycles. The molecule has 3 nitrogen and oxygen atoms in total. The van der Waals surface area contributed by atoms with Gasteiger partial charge in [0.2, 0.25) is 0 Å². The van der Waals surface area contributed by atoms with Crippen LogP contribution in [-0.4, -0.2) is 4.57 Å². The molecule has 0 amide bonds. The van der Waals surface area contributed by atoms with Crippen LogP contribution in [0, 0.1) is 11.3 Å². The van der Waals surface area contributed by atoms with Gasteiger partial charge in [0.15, 0.2) is 0 Å². The highest BCUT2D eigenvalue weighted by Gasteiger charge is 2.47. The highest BCUT2D eigenvalue weighted by molar-refractivity contribution is 6.05. The summed E-state index contributed by atoms with van der Waals surface area (Å²) in [5.74, 6) is 1.72. The fourth-order valence-corrected chi connectivity index (χ4v) is 6.62. The van der Waals surface area contributed by atoms with E-state index in [-0.39, 0.29) is 5.41 Å². The molecular weight excluding hydrogens is 440 g/mol. The SMILES string of the molecule is C=C1n2cc[n+](-c3ccc4oc5ccc(CCCC)cc5c4c3)c2C2=C(C=CCC2C)C1(CC)CC. The summed E-state index contributed by atoms with van der Waals surface area (Å²) in [7, 11) is 0. The molecule has 6 rings (SSSR count). The van der Waals surface area contributed by atoms with Crippen molar-refractivity contribution in [3.05, 3.63) is 84.5 Å². The van der Waals surface area contributed by atoms with Crippen molar-refractivity contribution >= 4 is 33.2 Å². The minimum atomic E-state index is -0.00995. The van der Waals surface area contributed by atoms with E-state index in [0.29, 0.717) is 5.92 Å². The molecule has 0 N–H and O–H groups in total. The van der Waals surface area contributed by atoms with E-state index in [1.54, 1.807) is 0 Å². The van der Waals surface area contributed by atoms with Crippen molar-refractivity contribution in [2.45, 2.75) is 66.2 Å². The van der Waals surface area contributed by atoms with E-state index in [4.69, 9.17) is 4.42 Å². The number of fused-ring (bicyclic) bond motifs is 5. The summed E-state index contributed by atoms with van der Waals surface area (Å²) in [5, 5.41) is 2.40. The third-order valence-electron chi connectivity index (χ3n) is 8.80. The number of furan rings is 1. The van der Waals surface area contributed by atoms with Crippen LogP contribution >= 0.6 is 0 Å². The van der Waals surface area contributed by atoms with Gasteiger partial charge >= 0.3 is 0 Å². The van der Waals surface area contributed by atoms with Crippen molar-refractivity contribution in [3.8, 4) is 5.69 Å². The van der Waals surface area contributed by atoms with Crippen molar-refractivity contribution in [1.82, 2.24) is 4.57 Å². The van der Waals surface area contributed by atoms with Gasteiger partial charge in [-0.3, -0.25) is 0 Å². The Morgan fingerprint density at radius 2 is 1.81 bits per heavy atom. The topological polar surface area (TPSA) is 21.9 Å². The highest BCUT2D eigenvalue weighted by Crippen LogP contribution is 2.54. The van der Waals surface area contributed by atoms with Crippen molar-refractivity contribution in [2.24, 2.45) is 11.3 Å². The molecule has 3 heteroatoms. The minimum Gasteiger partial charge on any atom is -0.456 e. The Bertz CT molecular complexity index is 1550. The van der Waals surface area contributed by atoms with Crippen LogP contribution in [0.25, 0.3) is 38.9 Å². The molecule has 3 heterocycles. The molecule has 0 radical (unpaired) electrons. The van der Waals surface area contributed by atoms with Crippen molar-refractivity contribution in [2.75, 3.05) is 0 Å². The zero-order chi connectivity index (χ0) is 25.0. The third kappa shape index (κ3) is 3.21. The number of hydrogen-bond acceptors (Lipinski definition) is 1. The maximum absolute atomic E-state index is 6.23. The molecule has 2 aliphatic rings. The molecule has 0 bridgehead atoms. The van der Waals surface area contributed by atoms with Crippen LogP contribution in [0.4, 0.5) is 0 Å². The molecular formula is C33H37N2O+. The number of benzene rings is 2. The van der Waals surface area contributed by atoms with Crippen LogP contribution in [0.15, 0.2) is 77.5 Å². The molecule has 0 saturated carbocycles. The lowest BCUT2D eigenvalue weighted by molar-refractivity contribution is -0.597. The second-order valence-corrected chi connectivity index (χ2v) is 10.7. The average molecular weight is 478 g/mol. The lowest BCUT2D eigenvalue weighted by atomic mass is 9.66. The molecule has 1 unspecified atom stereocenters. The van der Waals surface area contributed by atoms with Gasteiger partial charge in [0.25, 0.3) is 5.82 Å². The normalized spacial score (nSPS) is 18.8. The van der Waals surface area contributed by atoms with Crippen molar-refractivity contribution < 1.29 is 8.98 Å². The van der Waals surface area contributed by atoms with Gasteiger partial charge in [0, 0.05) is 16.3 Å². The molecule has 4 aromatic rings. The van der Waals surface area contributed by atoms with Crippen LogP contribution < -0.4 is 4.57 Å². The largest absolute Gasteiger partial charge is 0.456 e. The zero-order valence-electron chi connectivity index (χ0n) is 22.1. The third-order valence-corrected chi connectivity index (χ3v) is 8.80. The van der Waals surface area contributed by atoms with Gasteiger partial charge in [0.05, 0.1) is 5.41 Å². The molecule has 0 saturated heterocycles. The van der Waals surface area contributed by atoms with Crippen LogP contribution in [0.2, 0.25) is 0 Å². The maximum atomic E-state index is 6.23. The average Bonchev–Trinajstić information content (AvgIpc) is 3.49. The first-order valence-electron chi connectivity index (χ1n) is 13.7. The smallest absolute Gasteiger partial charge is 0.295 e. The van der Waals surface area contributed by atoms with Gasteiger partial charge in [-0.1, -0.05) is 58.9 Å². The number of hydrogen-bond donors (Lipinski definition) is 0. The zero-order valence-corrected chi connectivity index (χ0v) is 22.1. The number of nitrogens with zero attached hydrogens (tertiary/aromatic N) is 2. The molecule has 1 atom stereocenters. The van der Waals surface area contributed by atoms with E-state index in [1.165, 1.54) is 57.5 Å². The number of aromatic nitrogens is 2. The Balaban J connectivity index is 1.55. The van der Waals surface area contributed by atoms with E-state index in [1.807, 2.05) is 0 Å². The molecule has 2 aromatic heterocycles. The molecule has 1 aliphatic heterocycles. The van der Waals surface area contributed by atoms with Gasteiger partial charge in [-0.25, -0.2) is 0 Å². The molecule has 2 aromatic carbocycles. The van der Waals surface area contributed by atoms with Crippen LogP contribution in [-0.2, 0) is 6.42 Å². The van der Waals surface area contributed by atoms with Crippen molar-refractivity contribution in [3.63, 3.8) is 0 Å². The molecule has 36 heavy (non-hydrogen) atoms. The number of rotatable bonds is 6. The summed E-state index contributed by atoms with van der Waals surface area (Å²) in [6, 6.07) is 13.3. The van der Waals surface area contributed by atoms with E-state index in [9.17, 15) is 0 Å². The summed E-state index contributed by atoms with van der Waals surface area (Å²) < 4.78 is 11.0. The summed E-state index contributed by atoms with van der Waals surface area (Å²) in [5.41, 5.74) is 8.58. The number of imidazole rings is 1. The van der Waals surface area contributed by atoms with Crippen LogP contribution in [0.1, 0.15) is 71.2 Å². The van der Waals surface area contributed by atoms with E-state index in [0.717, 1.165) is 36.8 Å². The molecule has 0 fully saturated rings. The highest BCUT2D eigenvalue weighted by atomic mass is 16.3. The number of allylic oxidation sites excluding steroid dienone is 5. The first-order chi connectivity index (χ1) is 17.5. The first kappa shape index (κ1) is 23.1. The molecule has 184 valence electrons. The Morgan fingerprint density at radius 1 is 1.06 bits per heavy atom. The van der Waals surface area contributed by atoms with Crippen LogP contribution in [0.5, 0.6) is 0 Å². The Labute approximate surface area is 214 Å². The predicted octanol–water partition coefficient (Wildman–Crippen LogP) is 8.65. The maximum Gasteiger partial charge on any atom is 0.295 e. The van der Waals surface area contributed by atoms with Gasteiger partial charge in [-0.05, 0) is 79.5 Å². The minimum absolute atomic E-state index is 0.00995. The van der Waals surface area contributed by atoms with Gasteiger partial charge in [-0.15, -0.1) is 0 Å². The second kappa shape index (κ2) is 8.65. The quantitative estimate of drug-likeness (QED) is 0.255. The Hall–Kier alpha value is -3.33. The van der Waals surface area contributed by atoms with Gasteiger partial charge in [0.1, 0.15) is 34.9 Å². The van der Waals surface area contributed by atoms with Gasteiger partial charge < -0.3 is 4.42 Å². The van der Waals surface area contributed by atoms with E-state index in [2.05, 4.69) is 104 Å². The summed E-state index contributed by atoms with van der Waals surface area (Å²) in [6.07, 6.45) is 15.9. The Morgan fingerprint density at radius 3 is 2.56 bits per heavy atom. The van der Waals surface area contributed by atoms with E-state index >= 15 is 0 Å². The van der Waals surface area contributed by atoms with Crippen LogP contribution in [0.3, 0.4) is 0 Å². The molecule has 0 spiro atoms. The standard InChI is InChI=1S/C33H37N2O/c1-6-9-12-24-14-16-29-26(20-24)27-21-25(15-17-30(27)36-29)35-19-18-34-23(5)33(7-2,8-3)28-13-10-11-22(4)31(28)32(34)35/h10,13-22H,5-9,11-12H2,1-4H3/q+1. The fourth-order valence-electron chi connectivity index (χ4n) is 6.62. The second-order valence-electron chi connectivity index (χ2n) is 10.7. The van der Waals surface area contributed by atoms with Crippen molar-refractivity contribution in [1.29, 1.82) is 0 Å². The summed E-state index contributed by atoms with van der Waals surface area (Å²) in [6.45, 7) is 13.9. The fraction of sp³-hybridized carbons (Fsp3) is 0.364. The predicted molar refractivity (Wildman–Crippen MR) is 150 cm³/mol. The van der Waals surface area contributed by atoms with E-state index < -0.39 is 0 Å². The monoisotopic (exact) mass is 477 g/mol. The Kier molecular flexibility index (Phi) is 5.55. The summed E-state index contributed by atoms with van der Waals surface area (Å²) in [4.78, 5) is 0. The lowest BCUT2D eigenvalue weighted by Crippen LogP contribution is -2.41. The number of aryl methyl sites for hydroxylation is 1.